The Hall–Kier alpha value is -1.91. The lowest BCUT2D eigenvalue weighted by Gasteiger charge is -2.40. The molecule has 0 unspecified atom stereocenters. The van der Waals surface area contributed by atoms with Crippen molar-refractivity contribution >= 4 is 13.2 Å². The largest absolute Gasteiger partial charge is 0.0683 e. The van der Waals surface area contributed by atoms with Crippen molar-refractivity contribution in [1.82, 2.24) is 0 Å². The number of benzene rings is 3. The van der Waals surface area contributed by atoms with Crippen molar-refractivity contribution in [3.63, 3.8) is 0 Å². The normalized spacial score (nSPS) is 17.4. The zero-order valence-corrected chi connectivity index (χ0v) is 24.2. The van der Waals surface area contributed by atoms with E-state index in [0.29, 0.717) is 0 Å². The van der Waals surface area contributed by atoms with E-state index in [-0.39, 0.29) is 7.92 Å². The number of rotatable bonds is 9. The molecule has 0 nitrogen and oxygen atoms in total. The molecule has 0 radical (unpaired) electrons. The SMILES string of the molecule is CCCc1cc(CCC)c(-c2ccccc2P(C2CCCCC2)C2CCCCC2)c(-c2ccccc2)c1. The lowest BCUT2D eigenvalue weighted by atomic mass is 9.86. The highest BCUT2D eigenvalue weighted by Gasteiger charge is 2.34. The summed E-state index contributed by atoms with van der Waals surface area (Å²) in [6.45, 7) is 4.66. The van der Waals surface area contributed by atoms with Gasteiger partial charge >= 0.3 is 0 Å². The van der Waals surface area contributed by atoms with Crippen LogP contribution in [0.25, 0.3) is 22.3 Å². The molecule has 2 fully saturated rings. The third kappa shape index (κ3) is 6.23. The number of hydrogen-bond donors (Lipinski definition) is 0. The van der Waals surface area contributed by atoms with E-state index in [4.69, 9.17) is 0 Å². The van der Waals surface area contributed by atoms with Crippen molar-refractivity contribution in [2.75, 3.05) is 0 Å². The molecular formula is C36H47P. The van der Waals surface area contributed by atoms with Crippen LogP contribution in [0.3, 0.4) is 0 Å². The topological polar surface area (TPSA) is 0 Å². The molecule has 2 aliphatic rings. The van der Waals surface area contributed by atoms with E-state index in [1.54, 1.807) is 22.0 Å². The summed E-state index contributed by atoms with van der Waals surface area (Å²) >= 11 is 0. The standard InChI is InChI=1S/C36H47P/c1-3-16-28-26-30(17-4-2)36(34(27-28)29-18-8-5-9-19-29)33-24-14-15-25-35(33)37(31-20-10-6-11-21-31)32-22-12-7-13-23-32/h5,8-9,14-15,18-19,24-27,31-32H,3-4,6-7,10-13,16-17,20-23H2,1-2H3. The van der Waals surface area contributed by atoms with E-state index in [1.165, 1.54) is 93.7 Å². The monoisotopic (exact) mass is 510 g/mol. The Balaban J connectivity index is 1.71. The van der Waals surface area contributed by atoms with Crippen LogP contribution in [0, 0.1) is 0 Å². The summed E-state index contributed by atoms with van der Waals surface area (Å²) in [4.78, 5) is 0. The van der Waals surface area contributed by atoms with Gasteiger partial charge in [-0.1, -0.05) is 140 Å². The van der Waals surface area contributed by atoms with Crippen molar-refractivity contribution < 1.29 is 0 Å². The average Bonchev–Trinajstić information content (AvgIpc) is 2.95. The molecule has 3 aromatic carbocycles. The minimum absolute atomic E-state index is 0.154. The molecule has 0 aliphatic heterocycles. The van der Waals surface area contributed by atoms with Gasteiger partial charge in [-0.2, -0.15) is 0 Å². The number of hydrogen-bond acceptors (Lipinski definition) is 0. The van der Waals surface area contributed by atoms with Crippen LogP contribution in [0.1, 0.15) is 102 Å². The molecule has 3 aromatic rings. The maximum absolute atomic E-state index is 2.56. The predicted molar refractivity (Wildman–Crippen MR) is 166 cm³/mol. The van der Waals surface area contributed by atoms with Crippen molar-refractivity contribution in [2.24, 2.45) is 0 Å². The van der Waals surface area contributed by atoms with Crippen molar-refractivity contribution in [1.29, 1.82) is 0 Å². The quantitative estimate of drug-likeness (QED) is 0.251. The lowest BCUT2D eigenvalue weighted by molar-refractivity contribution is 0.487. The second-order valence-electron chi connectivity index (χ2n) is 11.6. The van der Waals surface area contributed by atoms with Crippen molar-refractivity contribution in [2.45, 2.75) is 115 Å². The fraction of sp³-hybridized carbons (Fsp3) is 0.500. The second-order valence-corrected chi connectivity index (χ2v) is 14.3. The van der Waals surface area contributed by atoms with Gasteiger partial charge in [-0.3, -0.25) is 0 Å². The van der Waals surface area contributed by atoms with Crippen LogP contribution in [-0.4, -0.2) is 11.3 Å². The fourth-order valence-electron chi connectivity index (χ4n) is 7.15. The van der Waals surface area contributed by atoms with E-state index < -0.39 is 0 Å². The van der Waals surface area contributed by atoms with Crippen LogP contribution < -0.4 is 5.30 Å². The van der Waals surface area contributed by atoms with Crippen LogP contribution in [0.15, 0.2) is 66.7 Å². The highest BCUT2D eigenvalue weighted by Crippen LogP contribution is 2.56. The maximum Gasteiger partial charge on any atom is -0.00667 e. The van der Waals surface area contributed by atoms with Gasteiger partial charge in [0.15, 0.2) is 0 Å². The Morgan fingerprint density at radius 3 is 1.84 bits per heavy atom. The van der Waals surface area contributed by atoms with Gasteiger partial charge in [0.05, 0.1) is 0 Å². The molecule has 2 aliphatic carbocycles. The molecular weight excluding hydrogens is 463 g/mol. The van der Waals surface area contributed by atoms with Crippen molar-refractivity contribution in [3.05, 3.63) is 77.9 Å². The van der Waals surface area contributed by atoms with Gasteiger partial charge in [0.1, 0.15) is 0 Å². The summed E-state index contributed by atoms with van der Waals surface area (Å²) in [5.41, 5.74) is 10.9. The molecule has 37 heavy (non-hydrogen) atoms. The molecule has 196 valence electrons. The zero-order valence-electron chi connectivity index (χ0n) is 23.4. The summed E-state index contributed by atoms with van der Waals surface area (Å²) in [5.74, 6) is 0. The first-order chi connectivity index (χ1) is 18.3. The zero-order chi connectivity index (χ0) is 25.5. The Bertz CT molecular complexity index is 1100. The average molecular weight is 511 g/mol. The van der Waals surface area contributed by atoms with Crippen LogP contribution in [-0.2, 0) is 12.8 Å². The van der Waals surface area contributed by atoms with Gasteiger partial charge in [0.25, 0.3) is 0 Å². The summed E-state index contributed by atoms with van der Waals surface area (Å²) in [5, 5.41) is 1.73. The van der Waals surface area contributed by atoms with E-state index in [0.717, 1.165) is 24.2 Å². The third-order valence-corrected chi connectivity index (χ3v) is 12.4. The molecule has 1 heteroatoms. The van der Waals surface area contributed by atoms with E-state index in [2.05, 4.69) is 80.6 Å². The minimum atomic E-state index is -0.154. The Morgan fingerprint density at radius 2 is 1.22 bits per heavy atom. The van der Waals surface area contributed by atoms with Crippen LogP contribution in [0.2, 0.25) is 0 Å². The molecule has 0 bridgehead atoms. The fourth-order valence-corrected chi connectivity index (χ4v) is 11.1. The summed E-state index contributed by atoms with van der Waals surface area (Å²) in [7, 11) is -0.154. The maximum atomic E-state index is 2.56. The molecule has 0 spiro atoms. The van der Waals surface area contributed by atoms with Gasteiger partial charge in [0.2, 0.25) is 0 Å². The first kappa shape index (κ1) is 26.7. The van der Waals surface area contributed by atoms with Gasteiger partial charge in [-0.25, -0.2) is 0 Å². The molecule has 0 atom stereocenters. The van der Waals surface area contributed by atoms with E-state index in [9.17, 15) is 0 Å². The summed E-state index contributed by atoms with van der Waals surface area (Å²) in [6, 6.07) is 26.1. The molecule has 2 saturated carbocycles. The molecule has 5 rings (SSSR count). The van der Waals surface area contributed by atoms with Crippen LogP contribution >= 0.6 is 7.92 Å². The van der Waals surface area contributed by atoms with Gasteiger partial charge in [0, 0.05) is 0 Å². The molecule has 0 N–H and O–H groups in total. The van der Waals surface area contributed by atoms with Crippen LogP contribution in [0.4, 0.5) is 0 Å². The Kier molecular flexibility index (Phi) is 9.55. The molecule has 0 saturated heterocycles. The first-order valence-corrected chi connectivity index (χ1v) is 16.9. The third-order valence-electron chi connectivity index (χ3n) is 8.81. The summed E-state index contributed by atoms with van der Waals surface area (Å²) < 4.78 is 0. The smallest absolute Gasteiger partial charge is 0.00667 e. The Labute approximate surface area is 228 Å². The first-order valence-electron chi connectivity index (χ1n) is 15.4. The van der Waals surface area contributed by atoms with E-state index >= 15 is 0 Å². The second kappa shape index (κ2) is 13.2. The van der Waals surface area contributed by atoms with Crippen LogP contribution in [0.5, 0.6) is 0 Å². The number of aryl methyl sites for hydroxylation is 2. The lowest BCUT2D eigenvalue weighted by Crippen LogP contribution is -2.27. The van der Waals surface area contributed by atoms with Gasteiger partial charge in [-0.05, 0) is 88.5 Å². The highest BCUT2D eigenvalue weighted by molar-refractivity contribution is 7.67. The minimum Gasteiger partial charge on any atom is -0.0683 e. The highest BCUT2D eigenvalue weighted by atomic mass is 31.1. The van der Waals surface area contributed by atoms with Crippen molar-refractivity contribution in [3.8, 4) is 22.3 Å². The Morgan fingerprint density at radius 1 is 0.622 bits per heavy atom. The molecule has 0 amide bonds. The summed E-state index contributed by atoms with van der Waals surface area (Å²) in [6.07, 6.45) is 19.2. The van der Waals surface area contributed by atoms with Gasteiger partial charge in [-0.15, -0.1) is 0 Å². The van der Waals surface area contributed by atoms with Gasteiger partial charge < -0.3 is 0 Å². The predicted octanol–water partition coefficient (Wildman–Crippen LogP) is 10.7. The molecule has 0 aromatic heterocycles. The molecule has 0 heterocycles. The van der Waals surface area contributed by atoms with E-state index in [1.807, 2.05) is 0 Å².